The van der Waals surface area contributed by atoms with E-state index in [1.54, 1.807) is 41.3 Å². The number of likely N-dealkylation sites (N-methyl/N-ethyl adjacent to an activating group) is 1. The molecule has 0 atom stereocenters. The van der Waals surface area contributed by atoms with Gasteiger partial charge in [-0.3, -0.25) is 9.48 Å². The van der Waals surface area contributed by atoms with E-state index < -0.39 is 0 Å². The first-order chi connectivity index (χ1) is 11.5. The van der Waals surface area contributed by atoms with Crippen molar-refractivity contribution in [1.82, 2.24) is 14.7 Å². The van der Waals surface area contributed by atoms with Crippen molar-refractivity contribution in [3.8, 4) is 0 Å². The highest BCUT2D eigenvalue weighted by Crippen LogP contribution is 2.21. The van der Waals surface area contributed by atoms with E-state index in [0.717, 1.165) is 18.5 Å². The number of hydrogen-bond donors (Lipinski definition) is 1. The highest BCUT2D eigenvalue weighted by molar-refractivity contribution is 6.12. The van der Waals surface area contributed by atoms with Crippen molar-refractivity contribution in [3.05, 3.63) is 60.2 Å². The Labute approximate surface area is 139 Å². The average Bonchev–Trinajstić information content (AvgIpc) is 2.99. The Morgan fingerprint density at radius 2 is 2.12 bits per heavy atom. The highest BCUT2D eigenvalue weighted by Gasteiger charge is 2.11. The van der Waals surface area contributed by atoms with Crippen LogP contribution in [0.3, 0.4) is 0 Å². The molecule has 0 aliphatic rings. The van der Waals surface area contributed by atoms with Gasteiger partial charge in [0, 0.05) is 18.3 Å². The number of halogens is 1. The van der Waals surface area contributed by atoms with Gasteiger partial charge in [-0.15, -0.1) is 0 Å². The van der Waals surface area contributed by atoms with Gasteiger partial charge in [-0.2, -0.15) is 5.10 Å². The number of aromatic nitrogens is 2. The molecule has 0 bridgehead atoms. The molecule has 1 heterocycles. The molecule has 0 spiro atoms. The van der Waals surface area contributed by atoms with Gasteiger partial charge in [0.15, 0.2) is 0 Å². The molecule has 0 aliphatic heterocycles. The number of hydrogen-bond acceptors (Lipinski definition) is 3. The number of nitrogens with zero attached hydrogens (tertiary/aromatic N) is 3. The summed E-state index contributed by atoms with van der Waals surface area (Å²) in [7, 11) is 3.99. The molecule has 1 aromatic heterocycles. The van der Waals surface area contributed by atoms with Crippen molar-refractivity contribution < 1.29 is 9.18 Å². The molecule has 0 saturated heterocycles. The van der Waals surface area contributed by atoms with Gasteiger partial charge in [-0.25, -0.2) is 4.39 Å². The van der Waals surface area contributed by atoms with Crippen molar-refractivity contribution in [2.45, 2.75) is 6.54 Å². The molecule has 6 heteroatoms. The first kappa shape index (κ1) is 16.1. The van der Waals surface area contributed by atoms with Crippen LogP contribution in [0.4, 0.5) is 10.1 Å². The van der Waals surface area contributed by atoms with Gasteiger partial charge >= 0.3 is 0 Å². The zero-order valence-electron chi connectivity index (χ0n) is 13.7. The third-order valence-corrected chi connectivity index (χ3v) is 3.75. The summed E-state index contributed by atoms with van der Waals surface area (Å²) in [5, 5.41) is 8.50. The molecule has 2 aromatic carbocycles. The molecule has 0 radical (unpaired) electrons. The van der Waals surface area contributed by atoms with Crippen molar-refractivity contribution in [2.75, 3.05) is 26.0 Å². The minimum absolute atomic E-state index is 0.237. The van der Waals surface area contributed by atoms with Crippen LogP contribution >= 0.6 is 0 Å². The molecule has 0 saturated carbocycles. The number of nitrogens with one attached hydrogen (secondary N) is 1. The van der Waals surface area contributed by atoms with E-state index >= 15 is 0 Å². The Bertz CT molecular complexity index is 872. The fourth-order valence-corrected chi connectivity index (χ4v) is 2.50. The Morgan fingerprint density at radius 1 is 1.29 bits per heavy atom. The smallest absolute Gasteiger partial charge is 0.256 e. The van der Waals surface area contributed by atoms with Gasteiger partial charge in [-0.1, -0.05) is 18.2 Å². The highest BCUT2D eigenvalue weighted by atomic mass is 19.1. The van der Waals surface area contributed by atoms with Gasteiger partial charge in [-0.05, 0) is 43.1 Å². The summed E-state index contributed by atoms with van der Waals surface area (Å²) >= 11 is 0. The summed E-state index contributed by atoms with van der Waals surface area (Å²) in [5.41, 5.74) is 1.14. The number of carbonyl (C=O) groups excluding carboxylic acids is 1. The van der Waals surface area contributed by atoms with E-state index in [-0.39, 0.29) is 11.7 Å². The van der Waals surface area contributed by atoms with Crippen LogP contribution in [0.2, 0.25) is 0 Å². The van der Waals surface area contributed by atoms with E-state index in [1.165, 1.54) is 12.1 Å². The van der Waals surface area contributed by atoms with Crippen molar-refractivity contribution in [3.63, 3.8) is 0 Å². The maximum absolute atomic E-state index is 13.3. The lowest BCUT2D eigenvalue weighted by Gasteiger charge is -2.09. The molecule has 0 fully saturated rings. The van der Waals surface area contributed by atoms with Crippen molar-refractivity contribution >= 4 is 22.4 Å². The second-order valence-corrected chi connectivity index (χ2v) is 5.92. The Balaban J connectivity index is 1.78. The van der Waals surface area contributed by atoms with E-state index in [2.05, 4.69) is 15.3 Å². The van der Waals surface area contributed by atoms with Crippen molar-refractivity contribution in [1.29, 1.82) is 0 Å². The molecular formula is C18H19FN4O. The maximum Gasteiger partial charge on any atom is 0.256 e. The lowest BCUT2D eigenvalue weighted by molar-refractivity contribution is 0.102. The topological polar surface area (TPSA) is 50.2 Å². The molecule has 0 unspecified atom stereocenters. The standard InChI is InChI=1S/C18H19FN4O/c1-22(2)8-9-23-12-15(11-20-23)21-18(24)17-5-3-4-13-10-14(19)6-7-16(13)17/h3-7,10-12H,8-9H2,1-2H3,(H,21,24). The van der Waals surface area contributed by atoms with Crippen LogP contribution in [0.25, 0.3) is 10.8 Å². The number of anilines is 1. The first-order valence-electron chi connectivity index (χ1n) is 7.70. The molecule has 1 amide bonds. The SMILES string of the molecule is CN(C)CCn1cc(NC(=O)c2cccc3cc(F)ccc23)cn1. The number of carbonyl (C=O) groups is 1. The normalized spacial score (nSPS) is 11.2. The summed E-state index contributed by atoms with van der Waals surface area (Å²) in [6.45, 7) is 1.61. The largest absolute Gasteiger partial charge is 0.319 e. The average molecular weight is 326 g/mol. The summed E-state index contributed by atoms with van der Waals surface area (Å²) in [5.74, 6) is -0.554. The van der Waals surface area contributed by atoms with Gasteiger partial charge in [0.05, 0.1) is 18.4 Å². The molecule has 0 aliphatic carbocycles. The number of benzene rings is 2. The zero-order chi connectivity index (χ0) is 17.1. The maximum atomic E-state index is 13.3. The third-order valence-electron chi connectivity index (χ3n) is 3.75. The molecule has 5 nitrogen and oxygen atoms in total. The second kappa shape index (κ2) is 6.80. The van der Waals surface area contributed by atoms with E-state index in [1.807, 2.05) is 14.1 Å². The molecule has 3 rings (SSSR count). The van der Waals surface area contributed by atoms with Gasteiger partial charge < -0.3 is 10.2 Å². The molecule has 3 aromatic rings. The van der Waals surface area contributed by atoms with Gasteiger partial charge in [0.1, 0.15) is 5.82 Å². The molecular weight excluding hydrogens is 307 g/mol. The number of amides is 1. The summed E-state index contributed by atoms with van der Waals surface area (Å²) < 4.78 is 15.1. The quantitative estimate of drug-likeness (QED) is 0.784. The van der Waals surface area contributed by atoms with E-state index in [9.17, 15) is 9.18 Å². The first-order valence-corrected chi connectivity index (χ1v) is 7.70. The van der Waals surface area contributed by atoms with Crippen molar-refractivity contribution in [2.24, 2.45) is 0 Å². The summed E-state index contributed by atoms with van der Waals surface area (Å²) in [4.78, 5) is 14.6. The number of fused-ring (bicyclic) bond motifs is 1. The minimum atomic E-state index is -0.317. The number of rotatable bonds is 5. The third kappa shape index (κ3) is 3.60. The Kier molecular flexibility index (Phi) is 4.57. The Hall–Kier alpha value is -2.73. The van der Waals surface area contributed by atoms with Crippen LogP contribution in [0.15, 0.2) is 48.8 Å². The van der Waals surface area contributed by atoms with Crippen LogP contribution in [0, 0.1) is 5.82 Å². The minimum Gasteiger partial charge on any atom is -0.319 e. The van der Waals surface area contributed by atoms with Crippen LogP contribution in [-0.2, 0) is 6.54 Å². The predicted octanol–water partition coefficient (Wildman–Crippen LogP) is 2.99. The summed E-state index contributed by atoms with van der Waals surface area (Å²) in [6.07, 6.45) is 3.42. The fraction of sp³-hybridized carbons (Fsp3) is 0.222. The lowest BCUT2D eigenvalue weighted by Crippen LogP contribution is -2.18. The zero-order valence-corrected chi connectivity index (χ0v) is 13.7. The van der Waals surface area contributed by atoms with Gasteiger partial charge in [0.25, 0.3) is 5.91 Å². The van der Waals surface area contributed by atoms with Crippen LogP contribution in [0.1, 0.15) is 10.4 Å². The molecule has 124 valence electrons. The fourth-order valence-electron chi connectivity index (χ4n) is 2.50. The lowest BCUT2D eigenvalue weighted by atomic mass is 10.0. The Morgan fingerprint density at radius 3 is 2.92 bits per heavy atom. The monoisotopic (exact) mass is 326 g/mol. The predicted molar refractivity (Wildman–Crippen MR) is 92.6 cm³/mol. The molecule has 24 heavy (non-hydrogen) atoms. The summed E-state index contributed by atoms with van der Waals surface area (Å²) in [6, 6.07) is 9.67. The van der Waals surface area contributed by atoms with E-state index in [0.29, 0.717) is 16.6 Å². The van der Waals surface area contributed by atoms with E-state index in [4.69, 9.17) is 0 Å². The van der Waals surface area contributed by atoms with Crippen LogP contribution < -0.4 is 5.32 Å². The second-order valence-electron chi connectivity index (χ2n) is 5.92. The van der Waals surface area contributed by atoms with Gasteiger partial charge in [0.2, 0.25) is 0 Å². The van der Waals surface area contributed by atoms with Crippen LogP contribution in [-0.4, -0.2) is 41.2 Å². The molecule has 1 N–H and O–H groups in total. The van der Waals surface area contributed by atoms with Crippen LogP contribution in [0.5, 0.6) is 0 Å².